The van der Waals surface area contributed by atoms with Crippen LogP contribution >= 0.6 is 0 Å². The molecule has 0 aromatic rings. The highest BCUT2D eigenvalue weighted by atomic mass is 16.7. The molecule has 6 nitrogen and oxygen atoms in total. The van der Waals surface area contributed by atoms with Gasteiger partial charge in [0.25, 0.3) is 0 Å². The Morgan fingerprint density at radius 3 is 1.73 bits per heavy atom. The van der Waals surface area contributed by atoms with Crippen LogP contribution < -0.4 is 0 Å². The minimum atomic E-state index is -2.23. The fraction of sp³-hybridized carbons (Fsp3) is 0.625. The van der Waals surface area contributed by atoms with Gasteiger partial charge in [-0.3, -0.25) is 0 Å². The van der Waals surface area contributed by atoms with Crippen molar-refractivity contribution in [2.24, 2.45) is 5.41 Å². The summed E-state index contributed by atoms with van der Waals surface area (Å²) in [6, 6.07) is 0. The lowest BCUT2D eigenvalue weighted by Gasteiger charge is -2.39. The molecule has 0 aliphatic heterocycles. The largest absolute Gasteiger partial charge is 0.449 e. The minimum absolute atomic E-state index is 0.0653. The predicted molar refractivity (Wildman–Crippen MR) is 81.7 cm³/mol. The standard InChI is InChI=1S/C16H26O6/c1-9(2)13(18)21-12(11(17)15(5,6)7)16(8,20)22-14(19)10(3)4/h11-12,17,20H,1,3H2,2,4-8H3. The van der Waals surface area contributed by atoms with E-state index in [1.807, 2.05) is 0 Å². The number of carbonyl (C=O) groups excluding carboxylic acids is 2. The molecule has 0 rings (SSSR count). The van der Waals surface area contributed by atoms with Crippen LogP contribution in [0.25, 0.3) is 0 Å². The zero-order chi connectivity index (χ0) is 17.9. The molecule has 0 saturated carbocycles. The molecule has 2 N–H and O–H groups in total. The monoisotopic (exact) mass is 314 g/mol. The van der Waals surface area contributed by atoms with E-state index in [1.54, 1.807) is 20.8 Å². The molecule has 0 spiro atoms. The summed E-state index contributed by atoms with van der Waals surface area (Å²) in [7, 11) is 0. The van der Waals surface area contributed by atoms with Crippen LogP contribution in [0, 0.1) is 5.41 Å². The molecule has 0 bridgehead atoms. The van der Waals surface area contributed by atoms with E-state index in [0.29, 0.717) is 0 Å². The number of hydrogen-bond acceptors (Lipinski definition) is 6. The van der Waals surface area contributed by atoms with Crippen LogP contribution in [0.15, 0.2) is 24.3 Å². The van der Waals surface area contributed by atoms with Crippen molar-refractivity contribution in [2.45, 2.75) is 59.5 Å². The molecule has 0 radical (unpaired) electrons. The number of aliphatic hydroxyl groups excluding tert-OH is 1. The Balaban J connectivity index is 5.54. The second-order valence-corrected chi connectivity index (χ2v) is 6.64. The highest BCUT2D eigenvalue weighted by molar-refractivity contribution is 5.88. The Kier molecular flexibility index (Phi) is 6.53. The van der Waals surface area contributed by atoms with Crippen molar-refractivity contribution in [2.75, 3.05) is 0 Å². The summed E-state index contributed by atoms with van der Waals surface area (Å²) < 4.78 is 10.0. The summed E-state index contributed by atoms with van der Waals surface area (Å²) in [6.45, 7) is 15.9. The summed E-state index contributed by atoms with van der Waals surface area (Å²) in [6.07, 6.45) is -2.77. The molecule has 126 valence electrons. The Labute approximate surface area is 131 Å². The van der Waals surface area contributed by atoms with Crippen molar-refractivity contribution in [3.8, 4) is 0 Å². The first-order chi connectivity index (χ1) is 9.70. The Bertz CT molecular complexity index is 470. The maximum Gasteiger partial charge on any atom is 0.335 e. The molecule has 6 heteroatoms. The Morgan fingerprint density at radius 2 is 1.41 bits per heavy atom. The van der Waals surface area contributed by atoms with Gasteiger partial charge in [0.15, 0.2) is 6.10 Å². The molecular formula is C16H26O6. The lowest BCUT2D eigenvalue weighted by Crippen LogP contribution is -2.56. The molecule has 0 heterocycles. The lowest BCUT2D eigenvalue weighted by atomic mass is 9.83. The molecule has 3 unspecified atom stereocenters. The number of aliphatic hydroxyl groups is 2. The van der Waals surface area contributed by atoms with Gasteiger partial charge in [0.05, 0.1) is 0 Å². The summed E-state index contributed by atoms with van der Waals surface area (Å²) in [5, 5.41) is 20.8. The van der Waals surface area contributed by atoms with Crippen molar-refractivity contribution in [3.63, 3.8) is 0 Å². The molecule has 0 aromatic heterocycles. The van der Waals surface area contributed by atoms with Crippen molar-refractivity contribution in [3.05, 3.63) is 24.3 Å². The van der Waals surface area contributed by atoms with E-state index in [9.17, 15) is 19.8 Å². The molecule has 0 aliphatic rings. The quantitative estimate of drug-likeness (QED) is 0.440. The van der Waals surface area contributed by atoms with Gasteiger partial charge < -0.3 is 19.7 Å². The van der Waals surface area contributed by atoms with E-state index < -0.39 is 35.3 Å². The van der Waals surface area contributed by atoms with Crippen molar-refractivity contribution in [1.29, 1.82) is 0 Å². The highest BCUT2D eigenvalue weighted by Crippen LogP contribution is 2.30. The summed E-state index contributed by atoms with van der Waals surface area (Å²) in [4.78, 5) is 23.4. The van der Waals surface area contributed by atoms with Gasteiger partial charge >= 0.3 is 11.9 Å². The van der Waals surface area contributed by atoms with Crippen molar-refractivity contribution >= 4 is 11.9 Å². The summed E-state index contributed by atoms with van der Waals surface area (Å²) >= 11 is 0. The third-order valence-electron chi connectivity index (χ3n) is 2.93. The summed E-state index contributed by atoms with van der Waals surface area (Å²) in [5.41, 5.74) is -0.580. The van der Waals surface area contributed by atoms with E-state index >= 15 is 0 Å². The first-order valence-electron chi connectivity index (χ1n) is 6.86. The number of esters is 2. The fourth-order valence-electron chi connectivity index (χ4n) is 1.47. The van der Waals surface area contributed by atoms with Crippen LogP contribution in [0.4, 0.5) is 0 Å². The van der Waals surface area contributed by atoms with E-state index in [4.69, 9.17) is 9.47 Å². The van der Waals surface area contributed by atoms with Gasteiger partial charge in [-0.1, -0.05) is 33.9 Å². The third-order valence-corrected chi connectivity index (χ3v) is 2.93. The molecule has 0 aliphatic carbocycles. The first kappa shape index (κ1) is 20.3. The number of carbonyl (C=O) groups is 2. The second kappa shape index (κ2) is 7.07. The number of hydrogen-bond donors (Lipinski definition) is 2. The smallest absolute Gasteiger partial charge is 0.335 e. The fourth-order valence-corrected chi connectivity index (χ4v) is 1.47. The second-order valence-electron chi connectivity index (χ2n) is 6.64. The number of ether oxygens (including phenoxy) is 2. The average molecular weight is 314 g/mol. The topological polar surface area (TPSA) is 93.1 Å². The van der Waals surface area contributed by atoms with Gasteiger partial charge in [-0.05, 0) is 19.3 Å². The molecule has 0 fully saturated rings. The normalized spacial score (nSPS) is 16.9. The zero-order valence-corrected chi connectivity index (χ0v) is 14.1. The molecular weight excluding hydrogens is 288 g/mol. The van der Waals surface area contributed by atoms with Crippen LogP contribution in [0.3, 0.4) is 0 Å². The zero-order valence-electron chi connectivity index (χ0n) is 14.1. The van der Waals surface area contributed by atoms with Gasteiger partial charge in [-0.15, -0.1) is 0 Å². The molecule has 0 amide bonds. The maximum atomic E-state index is 11.7. The SMILES string of the molecule is C=C(C)C(=O)OC(C(O)C(C)(C)C)C(C)(O)OC(=O)C(=C)C. The van der Waals surface area contributed by atoms with Crippen LogP contribution in [-0.4, -0.2) is 40.1 Å². The minimum Gasteiger partial charge on any atom is -0.449 e. The molecule has 3 atom stereocenters. The van der Waals surface area contributed by atoms with Crippen LogP contribution in [0.5, 0.6) is 0 Å². The molecule has 0 aromatic carbocycles. The van der Waals surface area contributed by atoms with Crippen molar-refractivity contribution in [1.82, 2.24) is 0 Å². The van der Waals surface area contributed by atoms with Crippen molar-refractivity contribution < 1.29 is 29.3 Å². The van der Waals surface area contributed by atoms with E-state index in [-0.39, 0.29) is 11.1 Å². The predicted octanol–water partition coefficient (Wildman–Crippen LogP) is 1.71. The Hall–Kier alpha value is -1.66. The van der Waals surface area contributed by atoms with E-state index in [1.165, 1.54) is 13.8 Å². The van der Waals surface area contributed by atoms with Gasteiger partial charge in [0, 0.05) is 18.1 Å². The third kappa shape index (κ3) is 5.61. The first-order valence-corrected chi connectivity index (χ1v) is 6.86. The Morgan fingerprint density at radius 1 is 1.00 bits per heavy atom. The van der Waals surface area contributed by atoms with Crippen LogP contribution in [-0.2, 0) is 19.1 Å². The van der Waals surface area contributed by atoms with Gasteiger partial charge in [-0.2, -0.15) is 0 Å². The highest BCUT2D eigenvalue weighted by Gasteiger charge is 2.47. The lowest BCUT2D eigenvalue weighted by molar-refractivity contribution is -0.265. The number of rotatable bonds is 6. The van der Waals surface area contributed by atoms with Crippen LogP contribution in [0.1, 0.15) is 41.5 Å². The van der Waals surface area contributed by atoms with Gasteiger partial charge in [0.1, 0.15) is 6.10 Å². The van der Waals surface area contributed by atoms with Crippen LogP contribution in [0.2, 0.25) is 0 Å². The average Bonchev–Trinajstić information content (AvgIpc) is 2.32. The molecule has 0 saturated heterocycles. The van der Waals surface area contributed by atoms with Gasteiger partial charge in [0.2, 0.25) is 5.79 Å². The maximum absolute atomic E-state index is 11.7. The van der Waals surface area contributed by atoms with E-state index in [0.717, 1.165) is 6.92 Å². The van der Waals surface area contributed by atoms with E-state index in [2.05, 4.69) is 13.2 Å². The summed E-state index contributed by atoms with van der Waals surface area (Å²) in [5.74, 6) is -3.89. The molecule has 22 heavy (non-hydrogen) atoms. The van der Waals surface area contributed by atoms with Gasteiger partial charge in [-0.25, -0.2) is 9.59 Å².